The topological polar surface area (TPSA) is 50.9 Å². The lowest BCUT2D eigenvalue weighted by Crippen LogP contribution is -2.04. The summed E-state index contributed by atoms with van der Waals surface area (Å²) in [5.41, 5.74) is 8.79. The predicted octanol–water partition coefficient (Wildman–Crippen LogP) is 2.69. The van der Waals surface area contributed by atoms with Crippen LogP contribution < -0.4 is 11.1 Å². The summed E-state index contributed by atoms with van der Waals surface area (Å²) in [6.45, 7) is 2.90. The Labute approximate surface area is 99.3 Å². The van der Waals surface area contributed by atoms with Crippen molar-refractivity contribution in [2.75, 3.05) is 17.6 Å². The molecule has 2 aromatic rings. The lowest BCUT2D eigenvalue weighted by molar-refractivity contribution is 1.01. The SMILES string of the molecule is Cc1csc(NCCc2ccc(N)cc2)n1. The molecule has 0 bridgehead atoms. The number of aryl methyl sites for hydroxylation is 1. The van der Waals surface area contributed by atoms with Crippen LogP contribution in [0.4, 0.5) is 10.8 Å². The van der Waals surface area contributed by atoms with E-state index in [-0.39, 0.29) is 0 Å². The summed E-state index contributed by atoms with van der Waals surface area (Å²) < 4.78 is 0. The fraction of sp³-hybridized carbons (Fsp3) is 0.250. The third-order valence-corrected chi connectivity index (χ3v) is 3.21. The molecular formula is C12H15N3S. The number of hydrogen-bond acceptors (Lipinski definition) is 4. The van der Waals surface area contributed by atoms with Crippen LogP contribution in [0.25, 0.3) is 0 Å². The molecular weight excluding hydrogens is 218 g/mol. The molecule has 0 atom stereocenters. The first-order valence-corrected chi connectivity index (χ1v) is 6.12. The molecule has 3 nitrogen and oxygen atoms in total. The van der Waals surface area contributed by atoms with Gasteiger partial charge < -0.3 is 11.1 Å². The average molecular weight is 233 g/mol. The number of nitrogen functional groups attached to an aromatic ring is 1. The van der Waals surface area contributed by atoms with E-state index in [0.29, 0.717) is 0 Å². The van der Waals surface area contributed by atoms with Crippen LogP contribution >= 0.6 is 11.3 Å². The van der Waals surface area contributed by atoms with Crippen LogP contribution in [0.2, 0.25) is 0 Å². The van der Waals surface area contributed by atoms with Crippen molar-refractivity contribution in [1.82, 2.24) is 4.98 Å². The Morgan fingerprint density at radius 2 is 2.06 bits per heavy atom. The first kappa shape index (κ1) is 11.0. The van der Waals surface area contributed by atoms with Gasteiger partial charge in [-0.15, -0.1) is 11.3 Å². The highest BCUT2D eigenvalue weighted by atomic mass is 32.1. The Kier molecular flexibility index (Phi) is 3.41. The van der Waals surface area contributed by atoms with Crippen LogP contribution in [-0.4, -0.2) is 11.5 Å². The normalized spacial score (nSPS) is 10.3. The van der Waals surface area contributed by atoms with Gasteiger partial charge in [0.15, 0.2) is 5.13 Å². The number of nitrogens with zero attached hydrogens (tertiary/aromatic N) is 1. The minimum absolute atomic E-state index is 0.812. The van der Waals surface area contributed by atoms with Crippen molar-refractivity contribution < 1.29 is 0 Å². The Bertz CT molecular complexity index is 448. The fourth-order valence-electron chi connectivity index (χ4n) is 1.43. The minimum atomic E-state index is 0.812. The molecule has 3 N–H and O–H groups in total. The molecule has 0 saturated heterocycles. The number of aromatic nitrogens is 1. The lowest BCUT2D eigenvalue weighted by atomic mass is 10.1. The molecule has 0 aliphatic carbocycles. The van der Waals surface area contributed by atoms with Crippen LogP contribution in [-0.2, 0) is 6.42 Å². The van der Waals surface area contributed by atoms with Crippen LogP contribution in [0.3, 0.4) is 0 Å². The van der Waals surface area contributed by atoms with E-state index in [1.54, 1.807) is 11.3 Å². The monoisotopic (exact) mass is 233 g/mol. The Morgan fingerprint density at radius 3 is 2.69 bits per heavy atom. The van der Waals surface area contributed by atoms with Gasteiger partial charge in [0, 0.05) is 17.6 Å². The van der Waals surface area contributed by atoms with E-state index in [0.717, 1.165) is 29.5 Å². The maximum atomic E-state index is 5.63. The smallest absolute Gasteiger partial charge is 0.182 e. The molecule has 16 heavy (non-hydrogen) atoms. The van der Waals surface area contributed by atoms with Crippen molar-refractivity contribution >= 4 is 22.2 Å². The number of anilines is 2. The molecule has 0 saturated carbocycles. The van der Waals surface area contributed by atoms with Crippen LogP contribution in [0.1, 0.15) is 11.3 Å². The largest absolute Gasteiger partial charge is 0.399 e. The van der Waals surface area contributed by atoms with Crippen molar-refractivity contribution in [3.05, 3.63) is 40.9 Å². The van der Waals surface area contributed by atoms with Crippen LogP contribution in [0, 0.1) is 6.92 Å². The van der Waals surface area contributed by atoms with E-state index >= 15 is 0 Å². The van der Waals surface area contributed by atoms with Crippen LogP contribution in [0.5, 0.6) is 0 Å². The average Bonchev–Trinajstić information content (AvgIpc) is 2.67. The van der Waals surface area contributed by atoms with Gasteiger partial charge >= 0.3 is 0 Å². The Morgan fingerprint density at radius 1 is 1.31 bits per heavy atom. The van der Waals surface area contributed by atoms with Gasteiger partial charge in [-0.2, -0.15) is 0 Å². The molecule has 0 radical (unpaired) electrons. The molecule has 0 aliphatic heterocycles. The summed E-state index contributed by atoms with van der Waals surface area (Å²) in [5, 5.41) is 6.35. The lowest BCUT2D eigenvalue weighted by Gasteiger charge is -2.03. The predicted molar refractivity (Wildman–Crippen MR) is 69.9 cm³/mol. The highest BCUT2D eigenvalue weighted by molar-refractivity contribution is 7.13. The Hall–Kier alpha value is -1.55. The number of thiazole rings is 1. The second kappa shape index (κ2) is 4.99. The minimum Gasteiger partial charge on any atom is -0.399 e. The molecule has 1 aromatic carbocycles. The van der Waals surface area contributed by atoms with E-state index in [2.05, 4.69) is 22.4 Å². The van der Waals surface area contributed by atoms with Gasteiger partial charge in [0.1, 0.15) is 0 Å². The van der Waals surface area contributed by atoms with Gasteiger partial charge in [-0.05, 0) is 31.0 Å². The molecule has 0 spiro atoms. The molecule has 1 heterocycles. The van der Waals surface area contributed by atoms with E-state index in [9.17, 15) is 0 Å². The first-order valence-electron chi connectivity index (χ1n) is 5.24. The summed E-state index contributed by atoms with van der Waals surface area (Å²) in [5.74, 6) is 0. The fourth-order valence-corrected chi connectivity index (χ4v) is 2.15. The van der Waals surface area contributed by atoms with Gasteiger partial charge in [-0.3, -0.25) is 0 Å². The molecule has 0 fully saturated rings. The number of benzene rings is 1. The third kappa shape index (κ3) is 2.97. The quantitative estimate of drug-likeness (QED) is 0.798. The molecule has 0 amide bonds. The molecule has 4 heteroatoms. The van der Waals surface area contributed by atoms with Gasteiger partial charge in [0.2, 0.25) is 0 Å². The second-order valence-corrected chi connectivity index (χ2v) is 4.57. The summed E-state index contributed by atoms with van der Waals surface area (Å²) in [4.78, 5) is 4.34. The van der Waals surface area contributed by atoms with E-state index in [4.69, 9.17) is 5.73 Å². The highest BCUT2D eigenvalue weighted by Gasteiger charge is 1.97. The zero-order valence-corrected chi connectivity index (χ0v) is 10.1. The number of nitrogens with one attached hydrogen (secondary N) is 1. The molecule has 84 valence electrons. The standard InChI is InChI=1S/C12H15N3S/c1-9-8-16-12(15-9)14-7-6-10-2-4-11(13)5-3-10/h2-5,8H,6-7,13H2,1H3,(H,14,15). The van der Waals surface area contributed by atoms with Crippen molar-refractivity contribution in [3.8, 4) is 0 Å². The number of hydrogen-bond donors (Lipinski definition) is 2. The molecule has 1 aromatic heterocycles. The molecule has 0 unspecified atom stereocenters. The number of nitrogens with two attached hydrogens (primary N) is 1. The van der Waals surface area contributed by atoms with Gasteiger partial charge in [0.25, 0.3) is 0 Å². The molecule has 2 rings (SSSR count). The third-order valence-electron chi connectivity index (χ3n) is 2.29. The van der Waals surface area contributed by atoms with E-state index < -0.39 is 0 Å². The highest BCUT2D eigenvalue weighted by Crippen LogP contribution is 2.14. The van der Waals surface area contributed by atoms with E-state index in [1.807, 2.05) is 24.4 Å². The summed E-state index contributed by atoms with van der Waals surface area (Å²) in [6, 6.07) is 7.99. The van der Waals surface area contributed by atoms with Crippen molar-refractivity contribution in [1.29, 1.82) is 0 Å². The molecule has 0 aliphatic rings. The van der Waals surface area contributed by atoms with Crippen molar-refractivity contribution in [2.45, 2.75) is 13.3 Å². The summed E-state index contributed by atoms with van der Waals surface area (Å²) in [7, 11) is 0. The maximum absolute atomic E-state index is 5.63. The van der Waals surface area contributed by atoms with Gasteiger partial charge in [-0.25, -0.2) is 4.98 Å². The zero-order chi connectivity index (χ0) is 11.4. The van der Waals surface area contributed by atoms with Gasteiger partial charge in [-0.1, -0.05) is 12.1 Å². The van der Waals surface area contributed by atoms with E-state index in [1.165, 1.54) is 5.56 Å². The first-order chi connectivity index (χ1) is 7.74. The van der Waals surface area contributed by atoms with Crippen molar-refractivity contribution in [3.63, 3.8) is 0 Å². The Balaban J connectivity index is 1.82. The second-order valence-electron chi connectivity index (χ2n) is 3.71. The summed E-state index contributed by atoms with van der Waals surface area (Å²) in [6.07, 6.45) is 0.985. The van der Waals surface area contributed by atoms with Crippen LogP contribution in [0.15, 0.2) is 29.6 Å². The van der Waals surface area contributed by atoms with Gasteiger partial charge in [0.05, 0.1) is 5.69 Å². The zero-order valence-electron chi connectivity index (χ0n) is 9.23. The summed E-state index contributed by atoms with van der Waals surface area (Å²) >= 11 is 1.64. The number of rotatable bonds is 4. The maximum Gasteiger partial charge on any atom is 0.182 e. The van der Waals surface area contributed by atoms with Crippen molar-refractivity contribution in [2.24, 2.45) is 0 Å².